The van der Waals surface area contributed by atoms with Crippen molar-refractivity contribution in [3.63, 3.8) is 0 Å². The Labute approximate surface area is 212 Å². The van der Waals surface area contributed by atoms with Gasteiger partial charge in [-0.2, -0.15) is 0 Å². The molecule has 36 heavy (non-hydrogen) atoms. The fourth-order valence-corrected chi connectivity index (χ4v) is 3.71. The van der Waals surface area contributed by atoms with Gasteiger partial charge in [0.1, 0.15) is 17.4 Å². The van der Waals surface area contributed by atoms with Gasteiger partial charge in [-0.15, -0.1) is 12.4 Å². The number of carbonyl (C=O) groups is 3. The molecule has 1 amide bonds. The minimum atomic E-state index is -0.977. The summed E-state index contributed by atoms with van der Waals surface area (Å²) < 4.78 is 25.0. The van der Waals surface area contributed by atoms with Crippen molar-refractivity contribution in [3.05, 3.63) is 89.0 Å². The van der Waals surface area contributed by atoms with E-state index in [2.05, 4.69) is 15.6 Å². The maximum atomic E-state index is 14.5. The number of phenols is 1. The number of nitrogens with zero attached hydrogens (tertiary/aromatic N) is 1. The van der Waals surface area contributed by atoms with Gasteiger partial charge in [-0.1, -0.05) is 12.1 Å². The number of amides is 1. The van der Waals surface area contributed by atoms with Crippen molar-refractivity contribution in [1.82, 2.24) is 15.6 Å². The van der Waals surface area contributed by atoms with Crippen molar-refractivity contribution in [3.8, 4) is 11.5 Å². The molecule has 4 rings (SSSR count). The zero-order chi connectivity index (χ0) is 24.9. The van der Waals surface area contributed by atoms with Crippen LogP contribution in [0.5, 0.6) is 11.5 Å². The molecule has 2 heterocycles. The molecule has 0 radical (unpaired) electrons. The van der Waals surface area contributed by atoms with Gasteiger partial charge in [-0.3, -0.25) is 14.6 Å². The number of hydrogen-bond donors (Lipinski definition) is 3. The number of aromatic hydroxyl groups is 1. The second-order valence-corrected chi connectivity index (χ2v) is 7.80. The van der Waals surface area contributed by atoms with Crippen LogP contribution >= 0.6 is 12.4 Å². The molecule has 188 valence electrons. The molecule has 3 aromatic rings. The van der Waals surface area contributed by atoms with E-state index >= 15 is 0 Å². The van der Waals surface area contributed by atoms with E-state index in [0.29, 0.717) is 18.7 Å². The molecule has 3 N–H and O–H groups in total. The van der Waals surface area contributed by atoms with Crippen LogP contribution < -0.4 is 15.4 Å². The minimum Gasteiger partial charge on any atom is -0.507 e. The van der Waals surface area contributed by atoms with E-state index in [1.165, 1.54) is 55.9 Å². The third-order valence-corrected chi connectivity index (χ3v) is 5.59. The predicted octanol–water partition coefficient (Wildman–Crippen LogP) is 2.51. The topological polar surface area (TPSA) is 127 Å². The molecule has 11 heteroatoms. The molecule has 0 bridgehead atoms. The molecule has 2 aromatic carbocycles. The van der Waals surface area contributed by atoms with Gasteiger partial charge in [0.2, 0.25) is 0 Å². The maximum Gasteiger partial charge on any atom is 0.338 e. The minimum absolute atomic E-state index is 0. The Morgan fingerprint density at radius 3 is 2.33 bits per heavy atom. The molecule has 0 saturated carbocycles. The van der Waals surface area contributed by atoms with Crippen LogP contribution in [0.2, 0.25) is 0 Å². The average Bonchev–Trinajstić information content (AvgIpc) is 3.30. The number of pyridine rings is 1. The Hall–Kier alpha value is -4.02. The number of hydrogen-bond acceptors (Lipinski definition) is 8. The highest BCUT2D eigenvalue weighted by Crippen LogP contribution is 2.30. The Balaban J connectivity index is 0.00000361. The summed E-state index contributed by atoms with van der Waals surface area (Å²) in [6, 6.07) is 10.5. The van der Waals surface area contributed by atoms with Gasteiger partial charge in [0.25, 0.3) is 5.91 Å². The van der Waals surface area contributed by atoms with E-state index in [9.17, 15) is 23.9 Å². The van der Waals surface area contributed by atoms with Crippen LogP contribution in [0.15, 0.2) is 60.9 Å². The summed E-state index contributed by atoms with van der Waals surface area (Å²) in [5.74, 6) is -3.39. The molecule has 1 saturated heterocycles. The van der Waals surface area contributed by atoms with Gasteiger partial charge in [0, 0.05) is 36.6 Å². The van der Waals surface area contributed by atoms with Gasteiger partial charge in [0.15, 0.2) is 17.3 Å². The summed E-state index contributed by atoms with van der Waals surface area (Å²) in [7, 11) is 1.25. The monoisotopic (exact) mass is 515 g/mol. The lowest BCUT2D eigenvalue weighted by Crippen LogP contribution is -2.44. The van der Waals surface area contributed by atoms with E-state index in [1.807, 2.05) is 0 Å². The highest BCUT2D eigenvalue weighted by Gasteiger charge is 2.32. The molecule has 0 aliphatic carbocycles. The first kappa shape index (κ1) is 26.6. The summed E-state index contributed by atoms with van der Waals surface area (Å²) in [6.07, 6.45) is 2.42. The smallest absolute Gasteiger partial charge is 0.338 e. The number of rotatable bonds is 7. The number of nitrogens with one attached hydrogen (secondary N) is 2. The number of ketones is 1. The van der Waals surface area contributed by atoms with Crippen LogP contribution in [0.4, 0.5) is 4.39 Å². The first-order valence-electron chi connectivity index (χ1n) is 10.7. The molecule has 0 spiro atoms. The molecule has 1 aliphatic rings. The van der Waals surface area contributed by atoms with Gasteiger partial charge < -0.3 is 25.2 Å². The number of methoxy groups -OCH3 is 1. The summed E-state index contributed by atoms with van der Waals surface area (Å²) in [5.41, 5.74) is 0.150. The van der Waals surface area contributed by atoms with Crippen LogP contribution in [-0.4, -0.2) is 60.1 Å². The fraction of sp³-hybridized carbons (Fsp3) is 0.200. The van der Waals surface area contributed by atoms with Crippen molar-refractivity contribution in [2.24, 2.45) is 0 Å². The fourth-order valence-electron chi connectivity index (χ4n) is 3.71. The van der Waals surface area contributed by atoms with Crippen molar-refractivity contribution in [2.75, 3.05) is 20.2 Å². The quantitative estimate of drug-likeness (QED) is 0.323. The Kier molecular flexibility index (Phi) is 8.57. The SMILES string of the molecule is COc1ccc(O)c(C(=O)c2ccc(C(=O)OC3CNCC3NC(=O)c3ccncc3)cc2)c1F.Cl. The molecule has 1 aromatic heterocycles. The highest BCUT2D eigenvalue weighted by atomic mass is 35.5. The number of benzene rings is 2. The van der Waals surface area contributed by atoms with E-state index < -0.39 is 41.0 Å². The number of esters is 1. The molecule has 1 aliphatic heterocycles. The van der Waals surface area contributed by atoms with E-state index in [4.69, 9.17) is 9.47 Å². The number of phenolic OH excluding ortho intramolecular Hbond substituents is 1. The lowest BCUT2D eigenvalue weighted by atomic mass is 10.0. The number of carbonyl (C=O) groups excluding carboxylic acids is 3. The molecule has 9 nitrogen and oxygen atoms in total. The van der Waals surface area contributed by atoms with Crippen molar-refractivity contribution in [2.45, 2.75) is 12.1 Å². The number of aromatic nitrogens is 1. The summed E-state index contributed by atoms with van der Waals surface area (Å²) in [4.78, 5) is 41.7. The van der Waals surface area contributed by atoms with E-state index in [1.54, 1.807) is 12.1 Å². The van der Waals surface area contributed by atoms with Gasteiger partial charge in [-0.25, -0.2) is 9.18 Å². The van der Waals surface area contributed by atoms with Gasteiger partial charge >= 0.3 is 5.97 Å². The average molecular weight is 516 g/mol. The standard InChI is InChI=1S/C25H22FN3O6.ClH/c1-34-19-7-6-18(30)21(22(19)26)23(31)14-2-4-16(5-3-14)25(33)35-20-13-28-12-17(20)29-24(32)15-8-10-27-11-9-15;/h2-11,17,20,28,30H,12-13H2,1H3,(H,29,32);1H. The van der Waals surface area contributed by atoms with Crippen molar-refractivity contribution >= 4 is 30.1 Å². The van der Waals surface area contributed by atoms with Gasteiger partial charge in [0.05, 0.1) is 18.7 Å². The van der Waals surface area contributed by atoms with Crippen LogP contribution in [0.1, 0.15) is 36.6 Å². The largest absolute Gasteiger partial charge is 0.507 e. The van der Waals surface area contributed by atoms with E-state index in [-0.39, 0.29) is 35.2 Å². The lowest BCUT2D eigenvalue weighted by Gasteiger charge is -2.20. The third kappa shape index (κ3) is 5.61. The maximum absolute atomic E-state index is 14.5. The van der Waals surface area contributed by atoms with Crippen LogP contribution in [-0.2, 0) is 4.74 Å². The summed E-state index contributed by atoms with van der Waals surface area (Å²) in [5, 5.41) is 15.9. The second-order valence-electron chi connectivity index (χ2n) is 7.80. The van der Waals surface area contributed by atoms with Gasteiger partial charge in [-0.05, 0) is 36.4 Å². The normalized spacial score (nSPS) is 16.5. The molecule has 2 unspecified atom stereocenters. The Morgan fingerprint density at radius 1 is 1.00 bits per heavy atom. The van der Waals surface area contributed by atoms with Crippen LogP contribution in [0.3, 0.4) is 0 Å². The predicted molar refractivity (Wildman–Crippen MR) is 129 cm³/mol. The zero-order valence-electron chi connectivity index (χ0n) is 19.1. The van der Waals surface area contributed by atoms with Crippen LogP contribution in [0, 0.1) is 5.82 Å². The van der Waals surface area contributed by atoms with E-state index in [0.717, 1.165) is 0 Å². The molecular weight excluding hydrogens is 493 g/mol. The number of halogens is 2. The first-order chi connectivity index (χ1) is 16.9. The Morgan fingerprint density at radius 2 is 1.67 bits per heavy atom. The van der Waals surface area contributed by atoms with Crippen molar-refractivity contribution < 1.29 is 33.4 Å². The molecule has 1 fully saturated rings. The lowest BCUT2D eigenvalue weighted by molar-refractivity contribution is 0.0283. The summed E-state index contributed by atoms with van der Waals surface area (Å²) >= 11 is 0. The molecular formula is C25H23ClFN3O6. The van der Waals surface area contributed by atoms with Crippen molar-refractivity contribution in [1.29, 1.82) is 0 Å². The van der Waals surface area contributed by atoms with Crippen LogP contribution in [0.25, 0.3) is 0 Å². The second kappa shape index (κ2) is 11.6. The Bertz CT molecular complexity index is 1260. The first-order valence-corrected chi connectivity index (χ1v) is 10.7. The molecule has 2 atom stereocenters. The highest BCUT2D eigenvalue weighted by molar-refractivity contribution is 6.11. The number of ether oxygens (including phenoxy) is 2. The third-order valence-electron chi connectivity index (χ3n) is 5.59. The summed E-state index contributed by atoms with van der Waals surface area (Å²) in [6.45, 7) is 0.788. The zero-order valence-corrected chi connectivity index (χ0v) is 19.9.